The Balaban J connectivity index is 1.44. The number of ketones is 1. The maximum atomic E-state index is 14.1. The molecule has 0 aliphatic carbocycles. The van der Waals surface area contributed by atoms with Crippen molar-refractivity contribution < 1.29 is 23.5 Å². The Hall–Kier alpha value is -3.43. The Morgan fingerprint density at radius 3 is 2.59 bits per heavy atom. The number of nitrogens with two attached hydrogens (primary N) is 1. The van der Waals surface area contributed by atoms with Crippen molar-refractivity contribution in [2.24, 2.45) is 5.73 Å². The number of thiophene rings is 1. The van der Waals surface area contributed by atoms with Gasteiger partial charge in [0.1, 0.15) is 17.3 Å². The van der Waals surface area contributed by atoms with Crippen LogP contribution in [0.3, 0.4) is 0 Å². The second-order valence-corrected chi connectivity index (χ2v) is 9.51. The van der Waals surface area contributed by atoms with E-state index in [1.807, 2.05) is 0 Å². The summed E-state index contributed by atoms with van der Waals surface area (Å²) in [5.41, 5.74) is 7.14. The first kappa shape index (κ1) is 23.7. The van der Waals surface area contributed by atoms with Gasteiger partial charge in [0.15, 0.2) is 6.73 Å². The SMILES string of the molecule is CNc1cc2c(cc1F)C(=O)N(c1ccc(CC(=O)CC(C(N)=O)c3ccc(Cl)s3)cc1)CO2. The van der Waals surface area contributed by atoms with Gasteiger partial charge in [0.25, 0.3) is 5.91 Å². The van der Waals surface area contributed by atoms with Crippen molar-refractivity contribution in [1.29, 1.82) is 0 Å². The number of amides is 2. The monoisotopic (exact) mass is 501 g/mol. The third-order valence-corrected chi connectivity index (χ3v) is 6.87. The number of hydrogen-bond donors (Lipinski definition) is 2. The summed E-state index contributed by atoms with van der Waals surface area (Å²) in [5, 5.41) is 2.71. The van der Waals surface area contributed by atoms with Crippen LogP contribution >= 0.6 is 22.9 Å². The van der Waals surface area contributed by atoms with Gasteiger partial charge in [-0.2, -0.15) is 0 Å². The number of nitrogens with one attached hydrogen (secondary N) is 1. The Labute approximate surface area is 204 Å². The number of carbonyl (C=O) groups is 3. The van der Waals surface area contributed by atoms with Gasteiger partial charge in [0, 0.05) is 36.5 Å². The Morgan fingerprint density at radius 2 is 1.97 bits per heavy atom. The molecule has 3 N–H and O–H groups in total. The van der Waals surface area contributed by atoms with Gasteiger partial charge in [0.2, 0.25) is 5.91 Å². The molecule has 10 heteroatoms. The standard InChI is InChI=1S/C24H21ClFN3O4S/c1-28-19-11-20-16(10-18(19)26)24(32)29(12-33-20)14-4-2-13(3-5-14)8-15(30)9-17(23(27)31)21-6-7-22(25)34-21/h2-7,10-11,17,28H,8-9,12H2,1H3,(H2,27,31). The van der Waals surface area contributed by atoms with Crippen LogP contribution in [-0.2, 0) is 16.0 Å². The van der Waals surface area contributed by atoms with Crippen molar-refractivity contribution in [2.75, 3.05) is 24.0 Å². The van der Waals surface area contributed by atoms with Gasteiger partial charge in [-0.3, -0.25) is 19.3 Å². The van der Waals surface area contributed by atoms with E-state index in [-0.39, 0.29) is 42.5 Å². The fourth-order valence-corrected chi connectivity index (χ4v) is 4.91. The van der Waals surface area contributed by atoms with Crippen molar-refractivity contribution >= 4 is 51.9 Å². The molecule has 1 aromatic heterocycles. The van der Waals surface area contributed by atoms with E-state index in [1.165, 1.54) is 22.3 Å². The molecule has 1 aliphatic rings. The number of rotatable bonds is 8. The second kappa shape index (κ2) is 9.82. The first-order valence-corrected chi connectivity index (χ1v) is 11.6. The van der Waals surface area contributed by atoms with Crippen LogP contribution in [0.4, 0.5) is 15.8 Å². The molecule has 4 rings (SSSR count). The summed E-state index contributed by atoms with van der Waals surface area (Å²) in [4.78, 5) is 39.4. The van der Waals surface area contributed by atoms with Crippen LogP contribution in [0.5, 0.6) is 5.75 Å². The minimum atomic E-state index is -0.726. The summed E-state index contributed by atoms with van der Waals surface area (Å²) in [6, 6.07) is 12.8. The molecule has 34 heavy (non-hydrogen) atoms. The number of carbonyl (C=O) groups excluding carboxylic acids is 3. The highest BCUT2D eigenvalue weighted by Gasteiger charge is 2.29. The molecule has 0 saturated heterocycles. The zero-order valence-electron chi connectivity index (χ0n) is 18.1. The number of benzene rings is 2. The predicted octanol–water partition coefficient (Wildman–Crippen LogP) is 4.35. The average molecular weight is 502 g/mol. The molecule has 7 nitrogen and oxygen atoms in total. The lowest BCUT2D eigenvalue weighted by Crippen LogP contribution is -2.38. The van der Waals surface area contributed by atoms with Crippen molar-refractivity contribution in [1.82, 2.24) is 0 Å². The quantitative estimate of drug-likeness (QED) is 0.478. The summed E-state index contributed by atoms with van der Waals surface area (Å²) < 4.78 is 20.3. The van der Waals surface area contributed by atoms with Gasteiger partial charge >= 0.3 is 0 Å². The third kappa shape index (κ3) is 4.90. The molecule has 1 atom stereocenters. The van der Waals surface area contributed by atoms with Crippen molar-refractivity contribution in [3.8, 4) is 5.75 Å². The van der Waals surface area contributed by atoms with E-state index in [1.54, 1.807) is 43.4 Å². The molecule has 1 aliphatic heterocycles. The maximum Gasteiger partial charge on any atom is 0.264 e. The summed E-state index contributed by atoms with van der Waals surface area (Å²) >= 11 is 7.16. The first-order valence-electron chi connectivity index (χ1n) is 10.4. The van der Waals surface area contributed by atoms with Gasteiger partial charge in [-0.25, -0.2) is 4.39 Å². The molecule has 0 fully saturated rings. The third-order valence-electron chi connectivity index (χ3n) is 5.53. The molecule has 0 saturated carbocycles. The molecular weight excluding hydrogens is 481 g/mol. The number of anilines is 2. The van der Waals surface area contributed by atoms with Crippen LogP contribution in [0.2, 0.25) is 4.34 Å². The van der Waals surface area contributed by atoms with Crippen molar-refractivity contribution in [3.63, 3.8) is 0 Å². The van der Waals surface area contributed by atoms with Crippen LogP contribution in [-0.4, -0.2) is 31.4 Å². The van der Waals surface area contributed by atoms with E-state index >= 15 is 0 Å². The lowest BCUT2D eigenvalue weighted by Gasteiger charge is -2.29. The topological polar surface area (TPSA) is 102 Å². The number of nitrogens with zero attached hydrogens (tertiary/aromatic N) is 1. The van der Waals surface area contributed by atoms with Crippen molar-refractivity contribution in [2.45, 2.75) is 18.8 Å². The fraction of sp³-hybridized carbons (Fsp3) is 0.208. The molecule has 1 unspecified atom stereocenters. The van der Waals surface area contributed by atoms with E-state index in [2.05, 4.69) is 5.32 Å². The summed E-state index contributed by atoms with van der Waals surface area (Å²) in [6.07, 6.45) is 0.0811. The van der Waals surface area contributed by atoms with Crippen LogP contribution in [0.25, 0.3) is 0 Å². The number of halogens is 2. The summed E-state index contributed by atoms with van der Waals surface area (Å²) in [6.45, 7) is -0.0252. The maximum absolute atomic E-state index is 14.1. The Bertz CT molecular complexity index is 1260. The molecule has 0 spiro atoms. The van der Waals surface area contributed by atoms with E-state index in [4.69, 9.17) is 22.1 Å². The molecule has 2 aromatic carbocycles. The van der Waals surface area contributed by atoms with E-state index in [0.29, 0.717) is 20.7 Å². The zero-order chi connectivity index (χ0) is 24.4. The van der Waals surface area contributed by atoms with Crippen LogP contribution < -0.4 is 20.7 Å². The Kier molecular flexibility index (Phi) is 6.85. The summed E-state index contributed by atoms with van der Waals surface area (Å²) in [7, 11) is 1.58. The normalized spacial score (nSPS) is 13.7. The van der Waals surface area contributed by atoms with Gasteiger partial charge < -0.3 is 15.8 Å². The number of hydrogen-bond acceptors (Lipinski definition) is 6. The minimum absolute atomic E-state index is 0.0245. The summed E-state index contributed by atoms with van der Waals surface area (Å²) in [5.74, 6) is -2.08. The van der Waals surface area contributed by atoms with Gasteiger partial charge in [-0.1, -0.05) is 23.7 Å². The highest BCUT2D eigenvalue weighted by molar-refractivity contribution is 7.16. The number of ether oxygens (including phenoxy) is 1. The zero-order valence-corrected chi connectivity index (χ0v) is 19.7. The van der Waals surface area contributed by atoms with Gasteiger partial charge in [0.05, 0.1) is 21.5 Å². The fourth-order valence-electron chi connectivity index (χ4n) is 3.74. The largest absolute Gasteiger partial charge is 0.472 e. The smallest absolute Gasteiger partial charge is 0.264 e. The Morgan fingerprint density at radius 1 is 1.24 bits per heavy atom. The number of Topliss-reactive ketones (excluding diaryl/α,β-unsaturated/α-hetero) is 1. The van der Waals surface area contributed by atoms with Gasteiger partial charge in [-0.15, -0.1) is 11.3 Å². The first-order chi connectivity index (χ1) is 16.3. The second-order valence-electron chi connectivity index (χ2n) is 7.77. The molecule has 3 aromatic rings. The number of fused-ring (bicyclic) bond motifs is 1. The van der Waals surface area contributed by atoms with Crippen LogP contribution in [0, 0.1) is 5.82 Å². The van der Waals surface area contributed by atoms with Crippen LogP contribution in [0.1, 0.15) is 33.1 Å². The number of primary amides is 1. The highest BCUT2D eigenvalue weighted by atomic mass is 35.5. The van der Waals surface area contributed by atoms with Gasteiger partial charge in [-0.05, 0) is 35.9 Å². The molecule has 176 valence electrons. The van der Waals surface area contributed by atoms with E-state index in [9.17, 15) is 18.8 Å². The molecular formula is C24H21ClFN3O4S. The molecule has 2 heterocycles. The van der Waals surface area contributed by atoms with E-state index < -0.39 is 17.6 Å². The predicted molar refractivity (Wildman–Crippen MR) is 129 cm³/mol. The lowest BCUT2D eigenvalue weighted by atomic mass is 9.96. The minimum Gasteiger partial charge on any atom is -0.472 e. The van der Waals surface area contributed by atoms with Crippen molar-refractivity contribution in [3.05, 3.63) is 74.7 Å². The lowest BCUT2D eigenvalue weighted by molar-refractivity contribution is -0.124. The average Bonchev–Trinajstić information content (AvgIpc) is 3.24. The van der Waals surface area contributed by atoms with Crippen LogP contribution in [0.15, 0.2) is 48.5 Å². The van der Waals surface area contributed by atoms with E-state index in [0.717, 1.165) is 11.6 Å². The molecule has 0 bridgehead atoms. The molecule has 0 radical (unpaired) electrons. The highest BCUT2D eigenvalue weighted by Crippen LogP contribution is 2.33. The molecule has 2 amide bonds.